The van der Waals surface area contributed by atoms with E-state index in [-0.39, 0.29) is 6.61 Å². The van der Waals surface area contributed by atoms with Gasteiger partial charge in [0.1, 0.15) is 0 Å². The number of rotatable bonds is 4. The first-order chi connectivity index (χ1) is 8.81. The van der Waals surface area contributed by atoms with Gasteiger partial charge >= 0.3 is 0 Å². The third-order valence-corrected chi connectivity index (χ3v) is 3.47. The Labute approximate surface area is 106 Å². The molecule has 1 aliphatic rings. The van der Waals surface area contributed by atoms with E-state index in [1.807, 2.05) is 24.4 Å². The second-order valence-electron chi connectivity index (χ2n) is 4.74. The molecule has 1 aliphatic carbocycles. The van der Waals surface area contributed by atoms with Crippen LogP contribution in [0.25, 0.3) is 10.8 Å². The zero-order valence-electron chi connectivity index (χ0n) is 10.2. The fourth-order valence-electron chi connectivity index (χ4n) is 2.44. The van der Waals surface area contributed by atoms with E-state index in [4.69, 9.17) is 5.73 Å². The Kier molecular flexibility index (Phi) is 2.80. The molecule has 1 fully saturated rings. The van der Waals surface area contributed by atoms with E-state index in [1.54, 1.807) is 6.20 Å². The van der Waals surface area contributed by atoms with Gasteiger partial charge in [0, 0.05) is 47.1 Å². The molecular weight excluding hydrogens is 226 g/mol. The molecule has 1 saturated carbocycles. The summed E-state index contributed by atoms with van der Waals surface area (Å²) in [6.45, 7) is 0.835. The van der Waals surface area contributed by atoms with Gasteiger partial charge in [-0.15, -0.1) is 0 Å². The molecule has 0 spiro atoms. The van der Waals surface area contributed by atoms with Crippen LogP contribution in [0, 0.1) is 0 Å². The summed E-state index contributed by atoms with van der Waals surface area (Å²) in [6, 6.07) is 6.47. The summed E-state index contributed by atoms with van der Waals surface area (Å²) in [5.74, 6) is 0. The highest BCUT2D eigenvalue weighted by Gasteiger charge is 2.29. The molecule has 2 aromatic rings. The number of pyridine rings is 1. The van der Waals surface area contributed by atoms with Crippen LogP contribution < -0.4 is 10.6 Å². The minimum absolute atomic E-state index is 0.169. The van der Waals surface area contributed by atoms with Crippen molar-refractivity contribution >= 4 is 22.1 Å². The Bertz CT molecular complexity index is 566. The third kappa shape index (κ3) is 1.88. The van der Waals surface area contributed by atoms with Gasteiger partial charge in [0.05, 0.1) is 6.61 Å². The zero-order valence-corrected chi connectivity index (χ0v) is 10.2. The minimum Gasteiger partial charge on any atom is -0.398 e. The molecule has 1 heterocycles. The maximum absolute atomic E-state index is 9.22. The second kappa shape index (κ2) is 4.46. The Hall–Kier alpha value is -1.81. The third-order valence-electron chi connectivity index (χ3n) is 3.47. The Morgan fingerprint density at radius 1 is 1.28 bits per heavy atom. The maximum Gasteiger partial charge on any atom is 0.0606 e. The van der Waals surface area contributed by atoms with E-state index in [1.165, 1.54) is 12.8 Å². The number of hydrogen-bond donors (Lipinski definition) is 2. The van der Waals surface area contributed by atoms with E-state index < -0.39 is 0 Å². The van der Waals surface area contributed by atoms with E-state index >= 15 is 0 Å². The number of hydrogen-bond acceptors (Lipinski definition) is 4. The number of anilines is 2. The molecule has 4 heteroatoms. The molecular formula is C14H17N3O. The van der Waals surface area contributed by atoms with Gasteiger partial charge in [-0.25, -0.2) is 0 Å². The zero-order chi connectivity index (χ0) is 12.5. The van der Waals surface area contributed by atoms with Crippen LogP contribution in [-0.4, -0.2) is 29.3 Å². The monoisotopic (exact) mass is 243 g/mol. The molecule has 0 aliphatic heterocycles. The number of nitrogen functional groups attached to an aromatic ring is 1. The fraction of sp³-hybridized carbons (Fsp3) is 0.357. The van der Waals surface area contributed by atoms with Crippen molar-refractivity contribution in [1.82, 2.24) is 4.98 Å². The summed E-state index contributed by atoms with van der Waals surface area (Å²) in [4.78, 5) is 6.46. The first kappa shape index (κ1) is 11.3. The van der Waals surface area contributed by atoms with Crippen LogP contribution >= 0.6 is 0 Å². The van der Waals surface area contributed by atoms with Crippen molar-refractivity contribution in [1.29, 1.82) is 0 Å². The van der Waals surface area contributed by atoms with Crippen molar-refractivity contribution in [2.24, 2.45) is 0 Å². The molecule has 1 aromatic heterocycles. The molecule has 94 valence electrons. The highest BCUT2D eigenvalue weighted by molar-refractivity contribution is 6.01. The summed E-state index contributed by atoms with van der Waals surface area (Å²) < 4.78 is 0. The van der Waals surface area contributed by atoms with Gasteiger partial charge in [-0.3, -0.25) is 4.98 Å². The van der Waals surface area contributed by atoms with Crippen LogP contribution in [0.2, 0.25) is 0 Å². The standard InChI is InChI=1S/C14H17N3O/c15-13-3-4-14(12-9-16-6-5-11(12)13)17(7-8-18)10-1-2-10/h3-6,9-10,18H,1-2,7-8,15H2. The average Bonchev–Trinajstić information content (AvgIpc) is 3.22. The Morgan fingerprint density at radius 2 is 2.11 bits per heavy atom. The second-order valence-corrected chi connectivity index (χ2v) is 4.74. The molecule has 0 bridgehead atoms. The van der Waals surface area contributed by atoms with Gasteiger partial charge < -0.3 is 15.7 Å². The van der Waals surface area contributed by atoms with E-state index in [2.05, 4.69) is 9.88 Å². The number of aliphatic hydroxyl groups is 1. The van der Waals surface area contributed by atoms with E-state index in [9.17, 15) is 5.11 Å². The van der Waals surface area contributed by atoms with Crippen LogP contribution in [0.15, 0.2) is 30.6 Å². The number of aliphatic hydroxyl groups excluding tert-OH is 1. The normalized spacial score (nSPS) is 14.9. The molecule has 0 radical (unpaired) electrons. The topological polar surface area (TPSA) is 62.4 Å². The molecule has 0 amide bonds. The lowest BCUT2D eigenvalue weighted by Gasteiger charge is -2.25. The van der Waals surface area contributed by atoms with Gasteiger partial charge in [0.15, 0.2) is 0 Å². The first-order valence-corrected chi connectivity index (χ1v) is 6.31. The highest BCUT2D eigenvalue weighted by atomic mass is 16.3. The number of nitrogens with zero attached hydrogens (tertiary/aromatic N) is 2. The molecule has 3 rings (SSSR count). The van der Waals surface area contributed by atoms with Gasteiger partial charge in [0.2, 0.25) is 0 Å². The van der Waals surface area contributed by atoms with Gasteiger partial charge in [-0.2, -0.15) is 0 Å². The lowest BCUT2D eigenvalue weighted by Crippen LogP contribution is -2.29. The average molecular weight is 243 g/mol. The van der Waals surface area contributed by atoms with Crippen LogP contribution in [0.4, 0.5) is 11.4 Å². The van der Waals surface area contributed by atoms with Crippen LogP contribution in [0.5, 0.6) is 0 Å². The largest absolute Gasteiger partial charge is 0.398 e. The van der Waals surface area contributed by atoms with Gasteiger partial charge in [-0.05, 0) is 31.0 Å². The molecule has 0 unspecified atom stereocenters. The SMILES string of the molecule is Nc1ccc(N(CCO)C2CC2)c2cnccc12. The summed E-state index contributed by atoms with van der Waals surface area (Å²) in [6.07, 6.45) is 6.02. The van der Waals surface area contributed by atoms with E-state index in [0.29, 0.717) is 12.6 Å². The summed E-state index contributed by atoms with van der Waals surface area (Å²) >= 11 is 0. The summed E-state index contributed by atoms with van der Waals surface area (Å²) in [5.41, 5.74) is 7.90. The van der Waals surface area contributed by atoms with Crippen molar-refractivity contribution < 1.29 is 5.11 Å². The molecule has 4 nitrogen and oxygen atoms in total. The predicted octanol–water partition coefficient (Wildman–Crippen LogP) is 1.78. The van der Waals surface area contributed by atoms with Crippen LogP contribution in [0.1, 0.15) is 12.8 Å². The van der Waals surface area contributed by atoms with Crippen molar-refractivity contribution in [3.8, 4) is 0 Å². The molecule has 1 aromatic carbocycles. The smallest absolute Gasteiger partial charge is 0.0606 e. The fourth-order valence-corrected chi connectivity index (χ4v) is 2.44. The molecule has 3 N–H and O–H groups in total. The number of aromatic nitrogens is 1. The summed E-state index contributed by atoms with van der Waals surface area (Å²) in [7, 11) is 0. The van der Waals surface area contributed by atoms with Crippen molar-refractivity contribution in [2.45, 2.75) is 18.9 Å². The highest BCUT2D eigenvalue weighted by Crippen LogP contribution is 2.36. The maximum atomic E-state index is 9.22. The first-order valence-electron chi connectivity index (χ1n) is 6.31. The van der Waals surface area contributed by atoms with Crippen molar-refractivity contribution in [3.05, 3.63) is 30.6 Å². The number of benzene rings is 1. The minimum atomic E-state index is 0.169. The predicted molar refractivity (Wildman–Crippen MR) is 73.6 cm³/mol. The van der Waals surface area contributed by atoms with Gasteiger partial charge in [-0.1, -0.05) is 0 Å². The van der Waals surface area contributed by atoms with Gasteiger partial charge in [0.25, 0.3) is 0 Å². The van der Waals surface area contributed by atoms with E-state index in [0.717, 1.165) is 22.1 Å². The summed E-state index contributed by atoms with van der Waals surface area (Å²) in [5, 5.41) is 11.3. The quantitative estimate of drug-likeness (QED) is 0.803. The van der Waals surface area contributed by atoms with Crippen molar-refractivity contribution in [3.63, 3.8) is 0 Å². The lowest BCUT2D eigenvalue weighted by atomic mass is 10.1. The molecule has 0 atom stereocenters. The van der Waals surface area contributed by atoms with Crippen LogP contribution in [0.3, 0.4) is 0 Å². The molecule has 18 heavy (non-hydrogen) atoms. The van der Waals surface area contributed by atoms with Crippen LogP contribution in [-0.2, 0) is 0 Å². The lowest BCUT2D eigenvalue weighted by molar-refractivity contribution is 0.301. The number of nitrogens with two attached hydrogens (primary N) is 1. The van der Waals surface area contributed by atoms with Crippen molar-refractivity contribution in [2.75, 3.05) is 23.8 Å². The molecule has 0 saturated heterocycles. The Balaban J connectivity index is 2.12. The number of fused-ring (bicyclic) bond motifs is 1. The Morgan fingerprint density at radius 3 is 2.83 bits per heavy atom.